The van der Waals surface area contributed by atoms with Crippen LogP contribution in [0.4, 0.5) is 0 Å². The Bertz CT molecular complexity index is 537. The van der Waals surface area contributed by atoms with Crippen molar-refractivity contribution in [1.29, 1.82) is 0 Å². The summed E-state index contributed by atoms with van der Waals surface area (Å²) in [6.45, 7) is 2.05. The van der Waals surface area contributed by atoms with Gasteiger partial charge in [-0.05, 0) is 74.7 Å². The van der Waals surface area contributed by atoms with Crippen LogP contribution in [-0.2, 0) is 11.2 Å². The summed E-state index contributed by atoms with van der Waals surface area (Å²) in [4.78, 5) is 12.4. The number of aliphatic hydroxyl groups excluding tert-OH is 1. The summed E-state index contributed by atoms with van der Waals surface area (Å²) >= 11 is 5.89. The molecule has 132 valence electrons. The Labute approximate surface area is 149 Å². The van der Waals surface area contributed by atoms with Crippen molar-refractivity contribution in [1.82, 2.24) is 10.6 Å². The minimum Gasteiger partial charge on any atom is -0.393 e. The fraction of sp³-hybridized carbons (Fsp3) is 0.632. The van der Waals surface area contributed by atoms with Crippen molar-refractivity contribution < 1.29 is 9.90 Å². The molecule has 0 spiro atoms. The molecule has 3 N–H and O–H groups in total. The average Bonchev–Trinajstić information content (AvgIpc) is 2.57. The van der Waals surface area contributed by atoms with E-state index < -0.39 is 0 Å². The van der Waals surface area contributed by atoms with Crippen molar-refractivity contribution in [3.63, 3.8) is 0 Å². The standard InChI is InChI=1S/C19H27ClN2O2/c20-16-4-1-13(2-5-16)3-6-18(24)22-19(15-11-17(23)12-15)14-7-9-21-10-8-14/h1-2,4-5,14-15,17,19,21,23H,3,6-12H2,(H,22,24). The Kier molecular flexibility index (Phi) is 6.14. The fourth-order valence-electron chi connectivity index (χ4n) is 3.91. The molecule has 1 aliphatic heterocycles. The Balaban J connectivity index is 1.53. The molecule has 1 heterocycles. The zero-order chi connectivity index (χ0) is 16.9. The van der Waals surface area contributed by atoms with E-state index in [1.54, 1.807) is 0 Å². The normalized spacial score (nSPS) is 25.8. The summed E-state index contributed by atoms with van der Waals surface area (Å²) in [5, 5.41) is 17.0. The van der Waals surface area contributed by atoms with Crippen molar-refractivity contribution in [2.24, 2.45) is 11.8 Å². The molecule has 0 bridgehead atoms. The first-order valence-electron chi connectivity index (χ1n) is 9.04. The van der Waals surface area contributed by atoms with Crippen LogP contribution in [0.3, 0.4) is 0 Å². The molecule has 4 nitrogen and oxygen atoms in total. The van der Waals surface area contributed by atoms with Gasteiger partial charge in [0.15, 0.2) is 0 Å². The second kappa shape index (κ2) is 8.32. The molecule has 24 heavy (non-hydrogen) atoms. The molecule has 2 fully saturated rings. The lowest BCUT2D eigenvalue weighted by atomic mass is 9.71. The SMILES string of the molecule is O=C(CCc1ccc(Cl)cc1)NC(C1CCNCC1)C1CC(O)C1. The molecule has 1 amide bonds. The molecule has 1 aliphatic carbocycles. The van der Waals surface area contributed by atoms with Gasteiger partial charge >= 0.3 is 0 Å². The monoisotopic (exact) mass is 350 g/mol. The zero-order valence-electron chi connectivity index (χ0n) is 14.0. The van der Waals surface area contributed by atoms with E-state index in [9.17, 15) is 9.90 Å². The molecular formula is C19H27ClN2O2. The van der Waals surface area contributed by atoms with Gasteiger partial charge in [0.2, 0.25) is 5.91 Å². The molecule has 0 aromatic heterocycles. The van der Waals surface area contributed by atoms with E-state index in [0.29, 0.717) is 18.3 Å². The Morgan fingerprint density at radius 3 is 2.50 bits per heavy atom. The zero-order valence-corrected chi connectivity index (χ0v) is 14.8. The maximum atomic E-state index is 12.4. The minimum atomic E-state index is -0.176. The Morgan fingerprint density at radius 2 is 1.88 bits per heavy atom. The second-order valence-corrected chi connectivity index (χ2v) is 7.63. The Hall–Kier alpha value is -1.10. The number of carbonyl (C=O) groups is 1. The third-order valence-corrected chi connectivity index (χ3v) is 5.68. The number of benzene rings is 1. The molecule has 1 saturated carbocycles. The largest absolute Gasteiger partial charge is 0.393 e. The quantitative estimate of drug-likeness (QED) is 0.738. The number of hydrogen-bond donors (Lipinski definition) is 3. The lowest BCUT2D eigenvalue weighted by molar-refractivity contribution is -0.123. The van der Waals surface area contributed by atoms with Crippen LogP contribution in [-0.4, -0.2) is 36.2 Å². The van der Waals surface area contributed by atoms with Crippen LogP contribution in [0.25, 0.3) is 0 Å². The highest BCUT2D eigenvalue weighted by Crippen LogP contribution is 2.35. The number of amides is 1. The first kappa shape index (κ1) is 17.7. The number of aliphatic hydroxyl groups is 1. The van der Waals surface area contributed by atoms with Crippen LogP contribution in [0.5, 0.6) is 0 Å². The van der Waals surface area contributed by atoms with Gasteiger partial charge in [-0.25, -0.2) is 0 Å². The first-order chi connectivity index (χ1) is 11.6. The number of piperidine rings is 1. The number of aryl methyl sites for hydroxylation is 1. The molecule has 2 aliphatic rings. The fourth-order valence-corrected chi connectivity index (χ4v) is 4.04. The third-order valence-electron chi connectivity index (χ3n) is 5.43. The van der Waals surface area contributed by atoms with Gasteiger partial charge in [0.05, 0.1) is 6.10 Å². The molecule has 3 rings (SSSR count). The molecule has 1 aromatic carbocycles. The van der Waals surface area contributed by atoms with E-state index >= 15 is 0 Å². The van der Waals surface area contributed by atoms with Gasteiger partial charge in [0.1, 0.15) is 0 Å². The molecular weight excluding hydrogens is 324 g/mol. The van der Waals surface area contributed by atoms with Crippen molar-refractivity contribution >= 4 is 17.5 Å². The number of carbonyl (C=O) groups excluding carboxylic acids is 1. The number of rotatable bonds is 6. The highest BCUT2D eigenvalue weighted by atomic mass is 35.5. The smallest absolute Gasteiger partial charge is 0.220 e. The van der Waals surface area contributed by atoms with Crippen molar-refractivity contribution in [2.45, 2.75) is 50.7 Å². The predicted octanol–water partition coefficient (Wildman–Crippen LogP) is 2.53. The van der Waals surface area contributed by atoms with E-state index in [-0.39, 0.29) is 18.1 Å². The summed E-state index contributed by atoms with van der Waals surface area (Å²) in [6.07, 6.45) is 4.92. The van der Waals surface area contributed by atoms with E-state index in [4.69, 9.17) is 11.6 Å². The van der Waals surface area contributed by atoms with Crippen LogP contribution in [0, 0.1) is 11.8 Å². The molecule has 1 unspecified atom stereocenters. The average molecular weight is 351 g/mol. The molecule has 5 heteroatoms. The van der Waals surface area contributed by atoms with Crippen molar-refractivity contribution in [3.05, 3.63) is 34.9 Å². The maximum absolute atomic E-state index is 12.4. The molecule has 1 aromatic rings. The van der Waals surface area contributed by atoms with Crippen molar-refractivity contribution in [3.8, 4) is 0 Å². The predicted molar refractivity (Wildman–Crippen MR) is 96.0 cm³/mol. The van der Waals surface area contributed by atoms with Gasteiger partial charge in [-0.1, -0.05) is 23.7 Å². The summed E-state index contributed by atoms with van der Waals surface area (Å²) < 4.78 is 0. The maximum Gasteiger partial charge on any atom is 0.220 e. The summed E-state index contributed by atoms with van der Waals surface area (Å²) in [5.41, 5.74) is 1.13. The van der Waals surface area contributed by atoms with Crippen LogP contribution in [0.2, 0.25) is 5.02 Å². The van der Waals surface area contributed by atoms with Gasteiger partial charge in [-0.3, -0.25) is 4.79 Å². The minimum absolute atomic E-state index is 0.120. The van der Waals surface area contributed by atoms with Crippen molar-refractivity contribution in [2.75, 3.05) is 13.1 Å². The van der Waals surface area contributed by atoms with E-state index in [1.807, 2.05) is 24.3 Å². The molecule has 0 radical (unpaired) electrons. The number of hydrogen-bond acceptors (Lipinski definition) is 3. The topological polar surface area (TPSA) is 61.4 Å². The summed E-state index contributed by atoms with van der Waals surface area (Å²) in [5.74, 6) is 1.08. The number of halogens is 1. The van der Waals surface area contributed by atoms with Gasteiger partial charge in [-0.2, -0.15) is 0 Å². The van der Waals surface area contributed by atoms with Crippen LogP contribution in [0.15, 0.2) is 24.3 Å². The van der Waals surface area contributed by atoms with Gasteiger partial charge in [-0.15, -0.1) is 0 Å². The third kappa shape index (κ3) is 4.71. The highest BCUT2D eigenvalue weighted by molar-refractivity contribution is 6.30. The van der Waals surface area contributed by atoms with Crippen LogP contribution >= 0.6 is 11.6 Å². The van der Waals surface area contributed by atoms with E-state index in [0.717, 1.165) is 55.8 Å². The number of nitrogens with one attached hydrogen (secondary N) is 2. The molecule has 1 saturated heterocycles. The van der Waals surface area contributed by atoms with E-state index in [2.05, 4.69) is 10.6 Å². The summed E-state index contributed by atoms with van der Waals surface area (Å²) in [7, 11) is 0. The summed E-state index contributed by atoms with van der Waals surface area (Å²) in [6, 6.07) is 7.89. The second-order valence-electron chi connectivity index (χ2n) is 7.19. The lowest BCUT2D eigenvalue weighted by Gasteiger charge is -2.43. The van der Waals surface area contributed by atoms with Crippen LogP contribution in [0.1, 0.15) is 37.7 Å². The van der Waals surface area contributed by atoms with E-state index in [1.165, 1.54) is 0 Å². The first-order valence-corrected chi connectivity index (χ1v) is 9.42. The lowest BCUT2D eigenvalue weighted by Crippen LogP contribution is -2.52. The van der Waals surface area contributed by atoms with Gasteiger partial charge in [0.25, 0.3) is 0 Å². The van der Waals surface area contributed by atoms with Gasteiger partial charge < -0.3 is 15.7 Å². The Morgan fingerprint density at radius 1 is 1.21 bits per heavy atom. The van der Waals surface area contributed by atoms with Crippen LogP contribution < -0.4 is 10.6 Å². The highest BCUT2D eigenvalue weighted by Gasteiger charge is 2.38. The molecule has 1 atom stereocenters. The van der Waals surface area contributed by atoms with Gasteiger partial charge in [0, 0.05) is 17.5 Å².